The topological polar surface area (TPSA) is 106 Å². The van der Waals surface area contributed by atoms with E-state index in [2.05, 4.69) is 0 Å². The van der Waals surface area contributed by atoms with Gasteiger partial charge in [0.1, 0.15) is 5.75 Å². The molecule has 1 atom stereocenters. The molecule has 0 aromatic carbocycles. The molecule has 11 heavy (non-hydrogen) atoms. The summed E-state index contributed by atoms with van der Waals surface area (Å²) in [4.78, 5) is 0. The molecule has 0 spiro atoms. The number of alkyl halides is 1. The van der Waals surface area contributed by atoms with Gasteiger partial charge in [-0.15, -0.1) is 11.6 Å². The van der Waals surface area contributed by atoms with Crippen LogP contribution in [0.5, 0.6) is 0 Å². The van der Waals surface area contributed by atoms with Crippen LogP contribution < -0.4 is 0 Å². The second-order valence-electron chi connectivity index (χ2n) is 1.56. The minimum absolute atomic E-state index is 0. The van der Waals surface area contributed by atoms with Crippen molar-refractivity contribution in [2.45, 2.75) is 6.10 Å². The van der Waals surface area contributed by atoms with Crippen LogP contribution >= 0.6 is 11.6 Å². The second-order valence-corrected chi connectivity index (χ2v) is 3.36. The van der Waals surface area contributed by atoms with Crippen LogP contribution in [-0.4, -0.2) is 70.8 Å². The predicted octanol–water partition coefficient (Wildman–Crippen LogP) is -1.73. The minimum Gasteiger partial charge on any atom is -0.412 e. The first-order valence-electron chi connectivity index (χ1n) is 2.15. The molecule has 0 bridgehead atoms. The first-order valence-corrected chi connectivity index (χ1v) is 4.29. The van der Waals surface area contributed by atoms with Gasteiger partial charge in [-0.25, -0.2) is 0 Å². The Labute approximate surface area is 92.1 Å². The van der Waals surface area contributed by atoms with Crippen molar-refractivity contribution in [1.82, 2.24) is 0 Å². The summed E-state index contributed by atoms with van der Waals surface area (Å²) in [5.41, 5.74) is 0. The monoisotopic (exact) mass is 215 g/mol. The Morgan fingerprint density at radius 2 is 1.82 bits per heavy atom. The number of rotatable bonds is 3. The van der Waals surface area contributed by atoms with Crippen molar-refractivity contribution in [3.8, 4) is 0 Å². The standard InChI is InChI=1S/C3H7ClO4S.Na.H2O/c4-1-3(5)2-9(6,7)8;;/h3,5H,1-2H2,(H,6,7,8);;1H2. The maximum absolute atomic E-state index is 9.94. The quantitative estimate of drug-likeness (QED) is 0.331. The van der Waals surface area contributed by atoms with E-state index < -0.39 is 22.0 Å². The van der Waals surface area contributed by atoms with Crippen molar-refractivity contribution >= 4 is 51.3 Å². The maximum Gasteiger partial charge on any atom is 0.267 e. The molecule has 4 N–H and O–H groups in total. The minimum atomic E-state index is -4.07. The van der Waals surface area contributed by atoms with E-state index in [4.69, 9.17) is 21.3 Å². The summed E-state index contributed by atoms with van der Waals surface area (Å²) in [7, 11) is -4.07. The fourth-order valence-electron chi connectivity index (χ4n) is 0.288. The van der Waals surface area contributed by atoms with E-state index in [0.717, 1.165) is 0 Å². The molecule has 0 amide bonds. The zero-order chi connectivity index (χ0) is 7.49. The molecule has 0 aliphatic rings. The van der Waals surface area contributed by atoms with E-state index in [1.54, 1.807) is 0 Å². The van der Waals surface area contributed by atoms with Crippen LogP contribution in [-0.2, 0) is 10.1 Å². The van der Waals surface area contributed by atoms with Crippen molar-refractivity contribution in [3.63, 3.8) is 0 Å². The molecule has 0 aromatic rings. The van der Waals surface area contributed by atoms with Crippen molar-refractivity contribution in [2.75, 3.05) is 11.6 Å². The van der Waals surface area contributed by atoms with Crippen molar-refractivity contribution in [2.24, 2.45) is 0 Å². The van der Waals surface area contributed by atoms with Gasteiger partial charge in [0, 0.05) is 35.4 Å². The maximum atomic E-state index is 9.94. The Morgan fingerprint density at radius 3 is 1.91 bits per heavy atom. The number of hydrogen-bond acceptors (Lipinski definition) is 3. The molecule has 0 rings (SSSR count). The van der Waals surface area contributed by atoms with Gasteiger partial charge in [0.15, 0.2) is 0 Å². The summed E-state index contributed by atoms with van der Waals surface area (Å²) < 4.78 is 27.9. The van der Waals surface area contributed by atoms with Crippen molar-refractivity contribution in [3.05, 3.63) is 0 Å². The predicted molar refractivity (Wildman–Crippen MR) is 42.5 cm³/mol. The number of hydrogen-bond donors (Lipinski definition) is 2. The van der Waals surface area contributed by atoms with Gasteiger partial charge in [-0.05, 0) is 0 Å². The molecular weight excluding hydrogens is 207 g/mol. The SMILES string of the molecule is O.O=S(=O)(O)CC(O)CCl.[Na]. The van der Waals surface area contributed by atoms with Gasteiger partial charge in [0.25, 0.3) is 10.1 Å². The van der Waals surface area contributed by atoms with E-state index in [1.165, 1.54) is 0 Å². The molecule has 8 heteroatoms. The summed E-state index contributed by atoms with van der Waals surface area (Å²) in [5.74, 6) is -0.893. The largest absolute Gasteiger partial charge is 0.412 e. The van der Waals surface area contributed by atoms with E-state index in [1.807, 2.05) is 0 Å². The zero-order valence-electron chi connectivity index (χ0n) is 5.99. The van der Waals surface area contributed by atoms with E-state index in [0.29, 0.717) is 0 Å². The fourth-order valence-corrected chi connectivity index (χ4v) is 1.13. The molecule has 0 fully saturated rings. The molecular formula is C3H9ClNaO5S. The molecule has 5 nitrogen and oxygen atoms in total. The van der Waals surface area contributed by atoms with Crippen LogP contribution in [0.4, 0.5) is 0 Å². The molecule has 0 saturated heterocycles. The Balaban J connectivity index is -0.000000320. The van der Waals surface area contributed by atoms with Crippen LogP contribution in [0, 0.1) is 0 Å². The Kier molecular flexibility index (Phi) is 12.7. The fraction of sp³-hybridized carbons (Fsp3) is 1.00. The average molecular weight is 216 g/mol. The number of halogens is 1. The van der Waals surface area contributed by atoms with Gasteiger partial charge in [0.05, 0.1) is 6.10 Å². The van der Waals surface area contributed by atoms with E-state index >= 15 is 0 Å². The summed E-state index contributed by atoms with van der Waals surface area (Å²) in [6, 6.07) is 0. The van der Waals surface area contributed by atoms with Crippen molar-refractivity contribution < 1.29 is 23.6 Å². The van der Waals surface area contributed by atoms with E-state index in [-0.39, 0.29) is 40.9 Å². The van der Waals surface area contributed by atoms with Crippen molar-refractivity contribution in [1.29, 1.82) is 0 Å². The molecule has 0 aromatic heterocycles. The molecule has 0 saturated carbocycles. The Bertz CT molecular complexity index is 169. The number of aliphatic hydroxyl groups is 1. The van der Waals surface area contributed by atoms with E-state index in [9.17, 15) is 8.42 Å². The third kappa shape index (κ3) is 14.0. The third-order valence-electron chi connectivity index (χ3n) is 0.581. The van der Waals surface area contributed by atoms with Crippen LogP contribution in [0.25, 0.3) is 0 Å². The smallest absolute Gasteiger partial charge is 0.267 e. The zero-order valence-corrected chi connectivity index (χ0v) is 9.56. The molecule has 65 valence electrons. The molecule has 0 heterocycles. The molecule has 1 radical (unpaired) electrons. The third-order valence-corrected chi connectivity index (χ3v) is 1.74. The van der Waals surface area contributed by atoms with Gasteiger partial charge in [-0.3, -0.25) is 4.55 Å². The normalized spacial score (nSPS) is 12.6. The molecule has 0 aliphatic carbocycles. The summed E-state index contributed by atoms with van der Waals surface area (Å²) in [5, 5.41) is 8.52. The molecule has 0 aliphatic heterocycles. The van der Waals surface area contributed by atoms with Crippen LogP contribution in [0.3, 0.4) is 0 Å². The molecule has 1 unspecified atom stereocenters. The first-order chi connectivity index (χ1) is 3.95. The van der Waals surface area contributed by atoms with Gasteiger partial charge in [-0.1, -0.05) is 0 Å². The summed E-state index contributed by atoms with van der Waals surface area (Å²) in [6.07, 6.45) is -1.18. The summed E-state index contributed by atoms with van der Waals surface area (Å²) in [6.45, 7) is 0. The van der Waals surface area contributed by atoms with Crippen LogP contribution in [0.2, 0.25) is 0 Å². The van der Waals surface area contributed by atoms with Gasteiger partial charge in [0.2, 0.25) is 0 Å². The average Bonchev–Trinajstić information content (AvgIpc) is 1.62. The van der Waals surface area contributed by atoms with Gasteiger partial charge in [-0.2, -0.15) is 8.42 Å². The van der Waals surface area contributed by atoms with Gasteiger partial charge < -0.3 is 10.6 Å². The Morgan fingerprint density at radius 1 is 1.45 bits per heavy atom. The first kappa shape index (κ1) is 18.0. The van der Waals surface area contributed by atoms with Crippen LogP contribution in [0.15, 0.2) is 0 Å². The van der Waals surface area contributed by atoms with Crippen LogP contribution in [0.1, 0.15) is 0 Å². The second kappa shape index (κ2) is 7.75. The van der Waals surface area contributed by atoms with Gasteiger partial charge >= 0.3 is 0 Å². The summed E-state index contributed by atoms with van der Waals surface area (Å²) >= 11 is 5.03. The Hall–Kier alpha value is 1.12. The number of aliphatic hydroxyl groups excluding tert-OH is 1.